The molecule has 0 spiro atoms. The lowest BCUT2D eigenvalue weighted by molar-refractivity contribution is 0.282. The third-order valence-corrected chi connectivity index (χ3v) is 2.81. The fraction of sp³-hybridized carbons (Fsp3) is 0.583. The van der Waals surface area contributed by atoms with E-state index in [9.17, 15) is 0 Å². The molecule has 1 aromatic heterocycles. The third kappa shape index (κ3) is 3.51. The Kier molecular flexibility index (Phi) is 5.12. The summed E-state index contributed by atoms with van der Waals surface area (Å²) in [5.41, 5.74) is 1.86. The van der Waals surface area contributed by atoms with Crippen molar-refractivity contribution >= 4 is 5.69 Å². The average Bonchev–Trinajstić information content (AvgIpc) is 2.31. The Bertz CT molecular complexity index is 285. The fourth-order valence-corrected chi connectivity index (χ4v) is 1.56. The quantitative estimate of drug-likeness (QED) is 0.754. The lowest BCUT2D eigenvalue weighted by Crippen LogP contribution is -2.13. The predicted molar refractivity (Wildman–Crippen MR) is 62.7 cm³/mol. The van der Waals surface area contributed by atoms with E-state index in [0.717, 1.165) is 17.8 Å². The number of aliphatic hydroxyl groups is 1. The van der Waals surface area contributed by atoms with Gasteiger partial charge in [-0.3, -0.25) is 4.98 Å². The molecule has 0 aliphatic heterocycles. The van der Waals surface area contributed by atoms with E-state index in [1.807, 2.05) is 6.07 Å². The zero-order valence-electron chi connectivity index (χ0n) is 9.53. The number of anilines is 1. The fourth-order valence-electron chi connectivity index (χ4n) is 1.56. The van der Waals surface area contributed by atoms with Gasteiger partial charge in [0.05, 0.1) is 6.61 Å². The highest BCUT2D eigenvalue weighted by molar-refractivity contribution is 5.49. The molecule has 0 bridgehead atoms. The van der Waals surface area contributed by atoms with E-state index < -0.39 is 0 Å². The van der Waals surface area contributed by atoms with Gasteiger partial charge in [-0.15, -0.1) is 0 Å². The lowest BCUT2D eigenvalue weighted by atomic mass is 10.0. The summed E-state index contributed by atoms with van der Waals surface area (Å²) in [6.45, 7) is 5.41. The van der Waals surface area contributed by atoms with Gasteiger partial charge in [0.1, 0.15) is 0 Å². The zero-order valence-corrected chi connectivity index (χ0v) is 9.53. The minimum absolute atomic E-state index is 0.0408. The summed E-state index contributed by atoms with van der Waals surface area (Å²) in [7, 11) is 0. The maximum Gasteiger partial charge on any atom is 0.0717 e. The molecule has 15 heavy (non-hydrogen) atoms. The van der Waals surface area contributed by atoms with Crippen molar-refractivity contribution in [1.29, 1.82) is 0 Å². The Morgan fingerprint density at radius 2 is 2.13 bits per heavy atom. The minimum atomic E-state index is 0.0408. The van der Waals surface area contributed by atoms with Crippen LogP contribution in [0.5, 0.6) is 0 Å². The normalized spacial score (nSPS) is 10.7. The van der Waals surface area contributed by atoms with E-state index in [0.29, 0.717) is 5.92 Å². The molecule has 0 amide bonds. The van der Waals surface area contributed by atoms with Crippen LogP contribution in [0.3, 0.4) is 0 Å². The van der Waals surface area contributed by atoms with Crippen LogP contribution in [0.15, 0.2) is 18.5 Å². The van der Waals surface area contributed by atoms with Gasteiger partial charge in [0.2, 0.25) is 0 Å². The number of aliphatic hydroxyl groups excluding tert-OH is 1. The number of pyridine rings is 1. The molecule has 1 rings (SSSR count). The maximum absolute atomic E-state index is 9.12. The van der Waals surface area contributed by atoms with Crippen LogP contribution in [0, 0.1) is 5.92 Å². The molecule has 0 aliphatic rings. The summed E-state index contributed by atoms with van der Waals surface area (Å²) < 4.78 is 0. The molecule has 0 aliphatic carbocycles. The first-order valence-electron chi connectivity index (χ1n) is 5.59. The minimum Gasteiger partial charge on any atom is -0.392 e. The van der Waals surface area contributed by atoms with Gasteiger partial charge in [-0.1, -0.05) is 26.7 Å². The number of nitrogens with one attached hydrogen (secondary N) is 1. The molecular formula is C12H20N2O. The highest BCUT2D eigenvalue weighted by Crippen LogP contribution is 2.15. The second-order valence-corrected chi connectivity index (χ2v) is 3.75. The van der Waals surface area contributed by atoms with Crippen LogP contribution >= 0.6 is 0 Å². The molecule has 2 N–H and O–H groups in total. The summed E-state index contributed by atoms with van der Waals surface area (Å²) in [5.74, 6) is 0.699. The van der Waals surface area contributed by atoms with Crippen LogP contribution in [0.1, 0.15) is 32.3 Å². The largest absolute Gasteiger partial charge is 0.392 e. The first kappa shape index (κ1) is 12.0. The van der Waals surface area contributed by atoms with Crippen LogP contribution in [0.2, 0.25) is 0 Å². The van der Waals surface area contributed by atoms with E-state index in [-0.39, 0.29) is 6.61 Å². The zero-order chi connectivity index (χ0) is 11.1. The average molecular weight is 208 g/mol. The Morgan fingerprint density at radius 3 is 2.73 bits per heavy atom. The van der Waals surface area contributed by atoms with Crippen LogP contribution in [-0.4, -0.2) is 16.6 Å². The van der Waals surface area contributed by atoms with Gasteiger partial charge in [0.25, 0.3) is 0 Å². The number of hydrogen-bond acceptors (Lipinski definition) is 3. The van der Waals surface area contributed by atoms with Crippen molar-refractivity contribution in [2.24, 2.45) is 5.92 Å². The molecule has 3 nitrogen and oxygen atoms in total. The van der Waals surface area contributed by atoms with Crippen molar-refractivity contribution in [1.82, 2.24) is 4.98 Å². The highest BCUT2D eigenvalue weighted by atomic mass is 16.3. The molecule has 0 saturated carbocycles. The molecule has 1 aromatic rings. The molecule has 0 saturated heterocycles. The van der Waals surface area contributed by atoms with Crippen LogP contribution in [0.25, 0.3) is 0 Å². The van der Waals surface area contributed by atoms with Crippen molar-refractivity contribution in [3.63, 3.8) is 0 Å². The Balaban J connectivity index is 2.56. The van der Waals surface area contributed by atoms with E-state index in [4.69, 9.17) is 5.11 Å². The molecule has 0 radical (unpaired) electrons. The van der Waals surface area contributed by atoms with Gasteiger partial charge in [0.15, 0.2) is 0 Å². The summed E-state index contributed by atoms with van der Waals surface area (Å²) in [5, 5.41) is 12.5. The van der Waals surface area contributed by atoms with E-state index in [1.54, 1.807) is 12.4 Å². The smallest absolute Gasteiger partial charge is 0.0717 e. The molecule has 0 aromatic carbocycles. The third-order valence-electron chi connectivity index (χ3n) is 2.81. The van der Waals surface area contributed by atoms with Crippen molar-refractivity contribution < 1.29 is 5.11 Å². The molecule has 3 heteroatoms. The molecular weight excluding hydrogens is 188 g/mol. The number of aromatic nitrogens is 1. The van der Waals surface area contributed by atoms with Gasteiger partial charge in [0, 0.05) is 30.2 Å². The van der Waals surface area contributed by atoms with Crippen molar-refractivity contribution in [2.75, 3.05) is 11.9 Å². The summed E-state index contributed by atoms with van der Waals surface area (Å²) >= 11 is 0. The molecule has 84 valence electrons. The highest BCUT2D eigenvalue weighted by Gasteiger charge is 2.05. The van der Waals surface area contributed by atoms with Gasteiger partial charge in [-0.25, -0.2) is 0 Å². The van der Waals surface area contributed by atoms with Crippen molar-refractivity contribution in [3.8, 4) is 0 Å². The van der Waals surface area contributed by atoms with Gasteiger partial charge < -0.3 is 10.4 Å². The summed E-state index contributed by atoms with van der Waals surface area (Å²) in [6, 6.07) is 1.91. The van der Waals surface area contributed by atoms with E-state index in [2.05, 4.69) is 24.1 Å². The lowest BCUT2D eigenvalue weighted by Gasteiger charge is -2.15. The van der Waals surface area contributed by atoms with Crippen LogP contribution in [0.4, 0.5) is 5.69 Å². The van der Waals surface area contributed by atoms with Gasteiger partial charge in [-0.2, -0.15) is 0 Å². The second kappa shape index (κ2) is 6.40. The molecule has 0 fully saturated rings. The first-order valence-corrected chi connectivity index (χ1v) is 5.59. The summed E-state index contributed by atoms with van der Waals surface area (Å²) in [4.78, 5) is 3.98. The number of rotatable bonds is 6. The molecule has 0 unspecified atom stereocenters. The van der Waals surface area contributed by atoms with Crippen LogP contribution in [-0.2, 0) is 6.61 Å². The van der Waals surface area contributed by atoms with E-state index >= 15 is 0 Å². The SMILES string of the molecule is CCC(CC)CNc1ccncc1CO. The number of hydrogen-bond donors (Lipinski definition) is 2. The Labute approximate surface area is 91.5 Å². The summed E-state index contributed by atoms with van der Waals surface area (Å²) in [6.07, 6.45) is 5.82. The van der Waals surface area contributed by atoms with Crippen molar-refractivity contribution in [3.05, 3.63) is 24.0 Å². The van der Waals surface area contributed by atoms with Gasteiger partial charge >= 0.3 is 0 Å². The monoisotopic (exact) mass is 208 g/mol. The molecule has 1 heterocycles. The van der Waals surface area contributed by atoms with E-state index in [1.165, 1.54) is 12.8 Å². The van der Waals surface area contributed by atoms with Crippen LogP contribution < -0.4 is 5.32 Å². The Morgan fingerprint density at radius 1 is 1.40 bits per heavy atom. The molecule has 0 atom stereocenters. The first-order chi connectivity index (χ1) is 7.31. The topological polar surface area (TPSA) is 45.2 Å². The standard InChI is InChI=1S/C12H20N2O/c1-3-10(4-2)7-14-12-5-6-13-8-11(12)9-15/h5-6,8,10,15H,3-4,7,9H2,1-2H3,(H,13,14). The maximum atomic E-state index is 9.12. The van der Waals surface area contributed by atoms with Crippen molar-refractivity contribution in [2.45, 2.75) is 33.3 Å². The predicted octanol–water partition coefficient (Wildman–Crippen LogP) is 2.42. The number of nitrogens with zero attached hydrogens (tertiary/aromatic N) is 1. The van der Waals surface area contributed by atoms with Gasteiger partial charge in [-0.05, 0) is 12.0 Å². The Hall–Kier alpha value is -1.09. The second-order valence-electron chi connectivity index (χ2n) is 3.75.